The van der Waals surface area contributed by atoms with Gasteiger partial charge in [-0.1, -0.05) is 0 Å². The molecule has 0 saturated heterocycles. The van der Waals surface area contributed by atoms with E-state index >= 15 is 0 Å². The van der Waals surface area contributed by atoms with Gasteiger partial charge in [-0.05, 0) is 43.3 Å². The van der Waals surface area contributed by atoms with E-state index in [9.17, 15) is 4.39 Å². The largest absolute Gasteiger partial charge is 0.397 e. The van der Waals surface area contributed by atoms with Crippen LogP contribution in [0.3, 0.4) is 0 Å². The van der Waals surface area contributed by atoms with E-state index < -0.39 is 0 Å². The Kier molecular flexibility index (Phi) is 3.23. The average Bonchev–Trinajstić information content (AvgIpc) is 2.35. The number of halogens is 1. The van der Waals surface area contributed by atoms with Gasteiger partial charge in [0.1, 0.15) is 11.6 Å². The van der Waals surface area contributed by atoms with Crippen LogP contribution >= 0.6 is 0 Å². The summed E-state index contributed by atoms with van der Waals surface area (Å²) < 4.78 is 12.9. The predicted octanol–water partition coefficient (Wildman–Crippen LogP) is 2.96. The molecule has 1 aromatic heterocycles. The highest BCUT2D eigenvalue weighted by Gasteiger charge is 2.07. The first kappa shape index (κ1) is 11.4. The number of nitrogens with zero attached hydrogens (tertiary/aromatic N) is 2. The summed E-state index contributed by atoms with van der Waals surface area (Å²) in [4.78, 5) is 6.24. The van der Waals surface area contributed by atoms with E-state index in [1.54, 1.807) is 24.4 Å². The van der Waals surface area contributed by atoms with Crippen molar-refractivity contribution in [2.75, 3.05) is 17.2 Å². The van der Waals surface area contributed by atoms with Crippen molar-refractivity contribution < 1.29 is 4.39 Å². The Bertz CT molecular complexity index is 434. The fourth-order valence-corrected chi connectivity index (χ4v) is 1.66. The molecule has 17 heavy (non-hydrogen) atoms. The minimum atomic E-state index is -0.241. The van der Waals surface area contributed by atoms with Gasteiger partial charge in [0.15, 0.2) is 0 Å². The quantitative estimate of drug-likeness (QED) is 0.883. The van der Waals surface area contributed by atoms with Crippen molar-refractivity contribution >= 4 is 17.2 Å². The molecule has 88 valence electrons. The van der Waals surface area contributed by atoms with Gasteiger partial charge in [-0.2, -0.15) is 0 Å². The van der Waals surface area contributed by atoms with Gasteiger partial charge >= 0.3 is 0 Å². The van der Waals surface area contributed by atoms with Crippen molar-refractivity contribution in [1.82, 2.24) is 4.98 Å². The fraction of sp³-hybridized carbons (Fsp3) is 0.154. The molecule has 0 spiro atoms. The molecule has 0 aliphatic rings. The number of hydrogen-bond acceptors (Lipinski definition) is 3. The van der Waals surface area contributed by atoms with E-state index in [0.717, 1.165) is 18.1 Å². The second-order valence-electron chi connectivity index (χ2n) is 3.67. The van der Waals surface area contributed by atoms with E-state index in [-0.39, 0.29) is 5.82 Å². The number of rotatable bonds is 3. The number of pyridine rings is 1. The number of benzene rings is 1. The molecule has 3 nitrogen and oxygen atoms in total. The molecule has 4 heteroatoms. The number of aromatic nitrogens is 1. The summed E-state index contributed by atoms with van der Waals surface area (Å²) in [6.07, 6.45) is 1.61. The molecular formula is C13H14FN3. The molecule has 2 rings (SSSR count). The Hall–Kier alpha value is -2.10. The average molecular weight is 231 g/mol. The molecule has 0 aliphatic carbocycles. The minimum absolute atomic E-state index is 0.241. The predicted molar refractivity (Wildman–Crippen MR) is 67.7 cm³/mol. The number of hydrogen-bond donors (Lipinski definition) is 1. The zero-order valence-electron chi connectivity index (χ0n) is 9.60. The first-order valence-electron chi connectivity index (χ1n) is 5.45. The molecule has 2 aromatic rings. The molecule has 0 unspecified atom stereocenters. The van der Waals surface area contributed by atoms with E-state index in [1.807, 2.05) is 17.9 Å². The van der Waals surface area contributed by atoms with E-state index in [4.69, 9.17) is 5.73 Å². The van der Waals surface area contributed by atoms with Gasteiger partial charge in [0.05, 0.1) is 11.9 Å². The van der Waals surface area contributed by atoms with Crippen LogP contribution in [0.15, 0.2) is 42.6 Å². The third kappa shape index (κ3) is 2.53. The lowest BCUT2D eigenvalue weighted by Gasteiger charge is -2.22. The molecule has 0 atom stereocenters. The maximum Gasteiger partial charge on any atom is 0.133 e. The highest BCUT2D eigenvalue weighted by atomic mass is 19.1. The van der Waals surface area contributed by atoms with Crippen LogP contribution in [0.1, 0.15) is 6.92 Å². The van der Waals surface area contributed by atoms with Crippen LogP contribution in [-0.4, -0.2) is 11.5 Å². The van der Waals surface area contributed by atoms with Crippen LogP contribution in [-0.2, 0) is 0 Å². The van der Waals surface area contributed by atoms with Gasteiger partial charge in [0, 0.05) is 12.2 Å². The van der Waals surface area contributed by atoms with Crippen LogP contribution in [0.2, 0.25) is 0 Å². The third-order valence-electron chi connectivity index (χ3n) is 2.50. The van der Waals surface area contributed by atoms with Gasteiger partial charge in [-0.15, -0.1) is 0 Å². The number of nitrogens with two attached hydrogens (primary N) is 1. The first-order chi connectivity index (χ1) is 8.20. The molecule has 0 radical (unpaired) electrons. The molecule has 0 saturated carbocycles. The smallest absolute Gasteiger partial charge is 0.133 e. The van der Waals surface area contributed by atoms with Crippen molar-refractivity contribution in [3.05, 3.63) is 48.4 Å². The summed E-state index contributed by atoms with van der Waals surface area (Å²) in [7, 11) is 0. The summed E-state index contributed by atoms with van der Waals surface area (Å²) in [5.41, 5.74) is 7.13. The van der Waals surface area contributed by atoms with Crippen LogP contribution in [0.4, 0.5) is 21.6 Å². The maximum absolute atomic E-state index is 12.9. The zero-order valence-corrected chi connectivity index (χ0v) is 9.60. The summed E-state index contributed by atoms with van der Waals surface area (Å²) in [5, 5.41) is 0. The van der Waals surface area contributed by atoms with Gasteiger partial charge in [-0.3, -0.25) is 0 Å². The SMILES string of the molecule is CCN(c1ccc(F)cc1)c1ccc(N)cn1. The highest BCUT2D eigenvalue weighted by Crippen LogP contribution is 2.23. The molecule has 0 amide bonds. The molecule has 0 fully saturated rings. The lowest BCUT2D eigenvalue weighted by atomic mass is 10.2. The van der Waals surface area contributed by atoms with Crippen molar-refractivity contribution in [1.29, 1.82) is 0 Å². The Labute approximate surface area is 99.7 Å². The summed E-state index contributed by atoms with van der Waals surface area (Å²) in [6.45, 7) is 2.77. The number of anilines is 3. The standard InChI is InChI=1S/C13H14FN3/c1-2-17(12-6-3-10(14)4-7-12)13-8-5-11(15)9-16-13/h3-9H,2,15H2,1H3. The van der Waals surface area contributed by atoms with Crippen molar-refractivity contribution in [3.63, 3.8) is 0 Å². The second-order valence-corrected chi connectivity index (χ2v) is 3.67. The molecule has 0 aliphatic heterocycles. The summed E-state index contributed by atoms with van der Waals surface area (Å²) in [6, 6.07) is 10.00. The lowest BCUT2D eigenvalue weighted by Crippen LogP contribution is -2.17. The summed E-state index contributed by atoms with van der Waals surface area (Å²) >= 11 is 0. The number of nitrogen functional groups attached to an aromatic ring is 1. The Morgan fingerprint density at radius 1 is 1.18 bits per heavy atom. The van der Waals surface area contributed by atoms with E-state index in [1.165, 1.54) is 12.1 Å². The second kappa shape index (κ2) is 4.82. The lowest BCUT2D eigenvalue weighted by molar-refractivity contribution is 0.628. The Balaban J connectivity index is 2.33. The molecular weight excluding hydrogens is 217 g/mol. The first-order valence-corrected chi connectivity index (χ1v) is 5.45. The molecule has 1 aromatic carbocycles. The Morgan fingerprint density at radius 3 is 2.41 bits per heavy atom. The van der Waals surface area contributed by atoms with Gasteiger partial charge in [0.25, 0.3) is 0 Å². The normalized spacial score (nSPS) is 10.2. The van der Waals surface area contributed by atoms with Gasteiger partial charge in [0.2, 0.25) is 0 Å². The Morgan fingerprint density at radius 2 is 1.88 bits per heavy atom. The van der Waals surface area contributed by atoms with Crippen LogP contribution < -0.4 is 10.6 Å². The monoisotopic (exact) mass is 231 g/mol. The van der Waals surface area contributed by atoms with Crippen LogP contribution in [0, 0.1) is 5.82 Å². The molecule has 1 heterocycles. The minimum Gasteiger partial charge on any atom is -0.397 e. The van der Waals surface area contributed by atoms with Gasteiger partial charge in [-0.25, -0.2) is 9.37 Å². The van der Waals surface area contributed by atoms with E-state index in [2.05, 4.69) is 4.98 Å². The molecule has 0 bridgehead atoms. The van der Waals surface area contributed by atoms with Gasteiger partial charge < -0.3 is 10.6 Å². The van der Waals surface area contributed by atoms with Crippen molar-refractivity contribution in [2.24, 2.45) is 0 Å². The van der Waals surface area contributed by atoms with Crippen molar-refractivity contribution in [3.8, 4) is 0 Å². The van der Waals surface area contributed by atoms with Crippen LogP contribution in [0.25, 0.3) is 0 Å². The highest BCUT2D eigenvalue weighted by molar-refractivity contribution is 5.60. The fourth-order valence-electron chi connectivity index (χ4n) is 1.66. The molecule has 2 N–H and O–H groups in total. The van der Waals surface area contributed by atoms with Crippen LogP contribution in [0.5, 0.6) is 0 Å². The van der Waals surface area contributed by atoms with Crippen molar-refractivity contribution in [2.45, 2.75) is 6.92 Å². The maximum atomic E-state index is 12.9. The topological polar surface area (TPSA) is 42.1 Å². The third-order valence-corrected chi connectivity index (χ3v) is 2.50. The zero-order chi connectivity index (χ0) is 12.3. The van der Waals surface area contributed by atoms with E-state index in [0.29, 0.717) is 5.69 Å². The summed E-state index contributed by atoms with van der Waals surface area (Å²) in [5.74, 6) is 0.559.